The molecular weight excluding hydrogens is 278 g/mol. The maximum atomic E-state index is 12.2. The van der Waals surface area contributed by atoms with Crippen LogP contribution in [0.3, 0.4) is 0 Å². The first kappa shape index (κ1) is 13.9. The number of nitrogens with one attached hydrogen (secondary N) is 1. The molecule has 1 amide bonds. The quantitative estimate of drug-likeness (QED) is 0.891. The Morgan fingerprint density at radius 3 is 2.90 bits per heavy atom. The minimum atomic E-state index is -0.102. The Kier molecular flexibility index (Phi) is 4.00. The van der Waals surface area contributed by atoms with Gasteiger partial charge in [0.2, 0.25) is 0 Å². The van der Waals surface area contributed by atoms with Crippen molar-refractivity contribution >= 4 is 17.4 Å². The molecule has 0 aliphatic carbocycles. The molecule has 2 aliphatic heterocycles. The van der Waals surface area contributed by atoms with Crippen LogP contribution >= 0.6 is 11.5 Å². The van der Waals surface area contributed by atoms with Gasteiger partial charge in [0.15, 0.2) is 0 Å². The highest BCUT2D eigenvalue weighted by Gasteiger charge is 2.39. The van der Waals surface area contributed by atoms with Gasteiger partial charge < -0.3 is 14.8 Å². The van der Waals surface area contributed by atoms with E-state index in [1.807, 2.05) is 6.92 Å². The molecule has 0 radical (unpaired) electrons. The van der Waals surface area contributed by atoms with Crippen molar-refractivity contribution in [3.63, 3.8) is 0 Å². The van der Waals surface area contributed by atoms with Crippen molar-refractivity contribution in [1.29, 1.82) is 0 Å². The van der Waals surface area contributed by atoms with Crippen LogP contribution in [0.2, 0.25) is 0 Å². The molecule has 7 heteroatoms. The van der Waals surface area contributed by atoms with Gasteiger partial charge in [0.1, 0.15) is 4.88 Å². The Morgan fingerprint density at radius 1 is 1.40 bits per heavy atom. The standard InChI is InChI=1S/C13H19N3O3S/c1-9-11(20-16-15-9)12(17)14-10-2-5-19-13(8-10)3-6-18-7-4-13/h10H,2-8H2,1H3,(H,14,17)/t10-/m1/s1. The molecule has 3 heterocycles. The molecule has 2 saturated heterocycles. The SMILES string of the molecule is Cc1nnsc1C(=O)N[C@@H]1CCOC2(CCOCC2)C1. The average molecular weight is 297 g/mol. The summed E-state index contributed by atoms with van der Waals surface area (Å²) in [7, 11) is 0. The van der Waals surface area contributed by atoms with Crippen molar-refractivity contribution in [1.82, 2.24) is 14.9 Å². The van der Waals surface area contributed by atoms with Crippen LogP contribution in [0.4, 0.5) is 0 Å². The predicted molar refractivity (Wildman–Crippen MR) is 73.9 cm³/mol. The van der Waals surface area contributed by atoms with Gasteiger partial charge in [0, 0.05) is 25.9 Å². The summed E-state index contributed by atoms with van der Waals surface area (Å²) >= 11 is 1.15. The van der Waals surface area contributed by atoms with E-state index in [0.29, 0.717) is 17.2 Å². The van der Waals surface area contributed by atoms with Gasteiger partial charge in [-0.2, -0.15) is 0 Å². The smallest absolute Gasteiger partial charge is 0.265 e. The summed E-state index contributed by atoms with van der Waals surface area (Å²) in [6, 6.07) is 0.163. The van der Waals surface area contributed by atoms with Gasteiger partial charge in [0.25, 0.3) is 5.91 Å². The molecule has 110 valence electrons. The van der Waals surface area contributed by atoms with Crippen LogP contribution in [0, 0.1) is 6.92 Å². The van der Waals surface area contributed by atoms with E-state index in [2.05, 4.69) is 14.9 Å². The minimum Gasteiger partial charge on any atom is -0.381 e. The third kappa shape index (κ3) is 2.84. The van der Waals surface area contributed by atoms with Gasteiger partial charge in [-0.15, -0.1) is 5.10 Å². The molecule has 3 rings (SSSR count). The van der Waals surface area contributed by atoms with Crippen LogP contribution in [0.15, 0.2) is 0 Å². The summed E-state index contributed by atoms with van der Waals surface area (Å²) in [4.78, 5) is 12.8. The van der Waals surface area contributed by atoms with Crippen LogP contribution in [0.25, 0.3) is 0 Å². The van der Waals surface area contributed by atoms with Gasteiger partial charge in [-0.05, 0) is 44.1 Å². The zero-order valence-electron chi connectivity index (χ0n) is 11.6. The molecule has 0 bridgehead atoms. The van der Waals surface area contributed by atoms with Crippen LogP contribution in [-0.2, 0) is 9.47 Å². The average Bonchev–Trinajstić information content (AvgIpc) is 2.86. The Bertz CT molecular complexity index is 479. The zero-order valence-corrected chi connectivity index (χ0v) is 12.4. The molecule has 1 N–H and O–H groups in total. The van der Waals surface area contributed by atoms with E-state index in [1.54, 1.807) is 0 Å². The Morgan fingerprint density at radius 2 is 2.20 bits per heavy atom. The highest BCUT2D eigenvalue weighted by molar-refractivity contribution is 7.08. The van der Waals surface area contributed by atoms with Crippen molar-refractivity contribution in [3.8, 4) is 0 Å². The Balaban J connectivity index is 1.63. The number of hydrogen-bond donors (Lipinski definition) is 1. The van der Waals surface area contributed by atoms with Crippen LogP contribution in [0.5, 0.6) is 0 Å². The number of ether oxygens (including phenoxy) is 2. The lowest BCUT2D eigenvalue weighted by Gasteiger charge is -2.43. The Labute approximate surface area is 122 Å². The molecule has 1 spiro atoms. The summed E-state index contributed by atoms with van der Waals surface area (Å²) in [5.74, 6) is -0.0633. The third-order valence-electron chi connectivity index (χ3n) is 4.09. The van der Waals surface area contributed by atoms with Crippen LogP contribution in [-0.4, -0.2) is 47.0 Å². The highest BCUT2D eigenvalue weighted by Crippen LogP contribution is 2.34. The predicted octanol–water partition coefficient (Wildman–Crippen LogP) is 1.30. The molecule has 2 fully saturated rings. The molecule has 20 heavy (non-hydrogen) atoms. The molecule has 2 aliphatic rings. The summed E-state index contributed by atoms with van der Waals surface area (Å²) in [5, 5.41) is 6.98. The first-order chi connectivity index (χ1) is 9.69. The largest absolute Gasteiger partial charge is 0.381 e. The minimum absolute atomic E-state index is 0.0633. The summed E-state index contributed by atoms with van der Waals surface area (Å²) in [6.07, 6.45) is 3.56. The fraction of sp³-hybridized carbons (Fsp3) is 0.769. The number of aromatic nitrogens is 2. The monoisotopic (exact) mass is 297 g/mol. The van der Waals surface area contributed by atoms with E-state index in [4.69, 9.17) is 9.47 Å². The molecule has 1 aromatic heterocycles. The summed E-state index contributed by atoms with van der Waals surface area (Å²) < 4.78 is 15.2. The number of aryl methyl sites for hydroxylation is 1. The lowest BCUT2D eigenvalue weighted by atomic mass is 9.84. The van der Waals surface area contributed by atoms with Gasteiger partial charge in [-0.1, -0.05) is 4.49 Å². The maximum Gasteiger partial charge on any atom is 0.265 e. The van der Waals surface area contributed by atoms with E-state index >= 15 is 0 Å². The van der Waals surface area contributed by atoms with E-state index in [0.717, 1.165) is 50.4 Å². The molecule has 6 nitrogen and oxygen atoms in total. The number of carbonyl (C=O) groups excluding carboxylic acids is 1. The molecule has 0 aromatic carbocycles. The first-order valence-corrected chi connectivity index (χ1v) is 7.77. The molecule has 1 atom stereocenters. The van der Waals surface area contributed by atoms with E-state index < -0.39 is 0 Å². The van der Waals surface area contributed by atoms with Crippen molar-refractivity contribution < 1.29 is 14.3 Å². The van der Waals surface area contributed by atoms with E-state index in [1.165, 1.54) is 0 Å². The van der Waals surface area contributed by atoms with Crippen molar-refractivity contribution in [2.75, 3.05) is 19.8 Å². The van der Waals surface area contributed by atoms with Gasteiger partial charge >= 0.3 is 0 Å². The number of hydrogen-bond acceptors (Lipinski definition) is 6. The number of carbonyl (C=O) groups is 1. The maximum absolute atomic E-state index is 12.2. The van der Waals surface area contributed by atoms with Crippen molar-refractivity contribution in [2.24, 2.45) is 0 Å². The van der Waals surface area contributed by atoms with Gasteiger partial charge in [-0.25, -0.2) is 0 Å². The highest BCUT2D eigenvalue weighted by atomic mass is 32.1. The normalized spacial score (nSPS) is 25.6. The van der Waals surface area contributed by atoms with E-state index in [-0.39, 0.29) is 17.6 Å². The van der Waals surface area contributed by atoms with Gasteiger partial charge in [0.05, 0.1) is 11.3 Å². The third-order valence-corrected chi connectivity index (χ3v) is 4.92. The van der Waals surface area contributed by atoms with E-state index in [9.17, 15) is 4.79 Å². The fourth-order valence-electron chi connectivity index (χ4n) is 2.93. The van der Waals surface area contributed by atoms with Crippen LogP contribution in [0.1, 0.15) is 41.0 Å². The topological polar surface area (TPSA) is 73.3 Å². The number of amides is 1. The number of rotatable bonds is 2. The lowest BCUT2D eigenvalue weighted by Crippen LogP contribution is -2.51. The zero-order chi connectivity index (χ0) is 14.0. The first-order valence-electron chi connectivity index (χ1n) is 7.00. The molecule has 1 aromatic rings. The fourth-order valence-corrected chi connectivity index (χ4v) is 3.49. The van der Waals surface area contributed by atoms with Crippen molar-refractivity contribution in [3.05, 3.63) is 10.6 Å². The van der Waals surface area contributed by atoms with Gasteiger partial charge in [-0.3, -0.25) is 4.79 Å². The Hall–Kier alpha value is -1.05. The van der Waals surface area contributed by atoms with Crippen molar-refractivity contribution in [2.45, 2.75) is 44.2 Å². The molecule has 0 unspecified atom stereocenters. The second-order valence-corrected chi connectivity index (χ2v) is 6.25. The summed E-state index contributed by atoms with van der Waals surface area (Å²) in [5.41, 5.74) is 0.593. The summed E-state index contributed by atoms with van der Waals surface area (Å²) in [6.45, 7) is 4.00. The van der Waals surface area contributed by atoms with Crippen LogP contribution < -0.4 is 5.32 Å². The molecular formula is C13H19N3O3S. The molecule has 0 saturated carbocycles. The second-order valence-electron chi connectivity index (χ2n) is 5.49. The lowest BCUT2D eigenvalue weighted by molar-refractivity contribution is -0.139. The second kappa shape index (κ2) is 5.75. The number of nitrogens with zero attached hydrogens (tertiary/aromatic N) is 2.